The van der Waals surface area contributed by atoms with E-state index in [4.69, 9.17) is 4.74 Å². The summed E-state index contributed by atoms with van der Waals surface area (Å²) in [6, 6.07) is 0. The van der Waals surface area contributed by atoms with Gasteiger partial charge in [-0.25, -0.2) is 4.79 Å². The summed E-state index contributed by atoms with van der Waals surface area (Å²) >= 11 is 1.69. The third kappa shape index (κ3) is 2.46. The second-order valence-electron chi connectivity index (χ2n) is 3.53. The highest BCUT2D eigenvalue weighted by molar-refractivity contribution is 7.99. The SMILES string of the molecule is O=C(O[C@H]1CCSC1)ON1C(=O)CCC1=O. The lowest BCUT2D eigenvalue weighted by Crippen LogP contribution is -2.33. The molecule has 0 N–H and O–H groups in total. The van der Waals surface area contributed by atoms with Gasteiger partial charge in [-0.3, -0.25) is 14.4 Å². The van der Waals surface area contributed by atoms with Crippen molar-refractivity contribution in [2.45, 2.75) is 25.4 Å². The van der Waals surface area contributed by atoms with Crippen molar-refractivity contribution in [3.63, 3.8) is 0 Å². The summed E-state index contributed by atoms with van der Waals surface area (Å²) in [5.41, 5.74) is 0. The molecule has 0 spiro atoms. The quantitative estimate of drug-likeness (QED) is 0.527. The first-order valence-electron chi connectivity index (χ1n) is 4.99. The van der Waals surface area contributed by atoms with E-state index in [0.717, 1.165) is 17.9 Å². The minimum atomic E-state index is -0.976. The zero-order valence-electron chi connectivity index (χ0n) is 8.51. The van der Waals surface area contributed by atoms with Crippen molar-refractivity contribution in [3.8, 4) is 0 Å². The van der Waals surface area contributed by atoms with E-state index in [-0.39, 0.29) is 18.9 Å². The first kappa shape index (κ1) is 11.3. The molecule has 6 nitrogen and oxygen atoms in total. The number of ether oxygens (including phenoxy) is 1. The molecule has 0 saturated carbocycles. The van der Waals surface area contributed by atoms with Crippen LogP contribution < -0.4 is 0 Å². The van der Waals surface area contributed by atoms with E-state index >= 15 is 0 Å². The van der Waals surface area contributed by atoms with Gasteiger partial charge in [0.1, 0.15) is 6.10 Å². The third-order valence-electron chi connectivity index (χ3n) is 2.32. The number of hydrogen-bond donors (Lipinski definition) is 0. The maximum absolute atomic E-state index is 11.2. The Hall–Kier alpha value is -1.24. The summed E-state index contributed by atoms with van der Waals surface area (Å²) in [7, 11) is 0. The maximum atomic E-state index is 11.2. The molecular formula is C9H11NO5S. The first-order valence-corrected chi connectivity index (χ1v) is 6.14. The van der Waals surface area contributed by atoms with E-state index < -0.39 is 18.0 Å². The number of nitrogens with zero attached hydrogens (tertiary/aromatic N) is 1. The van der Waals surface area contributed by atoms with E-state index in [1.54, 1.807) is 11.8 Å². The number of rotatable bonds is 2. The molecule has 2 saturated heterocycles. The summed E-state index contributed by atoms with van der Waals surface area (Å²) in [5.74, 6) is 0.682. The molecule has 7 heteroatoms. The number of amides is 2. The molecule has 0 aromatic rings. The standard InChI is InChI=1S/C9H11NO5S/c11-7-1-2-8(12)10(7)15-9(13)14-6-3-4-16-5-6/h6H,1-5H2/t6-/m0/s1. The molecule has 2 heterocycles. The lowest BCUT2D eigenvalue weighted by Gasteiger charge is -2.14. The highest BCUT2D eigenvalue weighted by Gasteiger charge is 2.34. The lowest BCUT2D eigenvalue weighted by molar-refractivity contribution is -0.178. The Labute approximate surface area is 96.2 Å². The van der Waals surface area contributed by atoms with Gasteiger partial charge in [0.15, 0.2) is 0 Å². The molecular weight excluding hydrogens is 234 g/mol. The van der Waals surface area contributed by atoms with E-state index in [1.807, 2.05) is 0 Å². The summed E-state index contributed by atoms with van der Waals surface area (Å²) in [6.07, 6.45) is -0.195. The Bertz CT molecular complexity index is 310. The number of thioether (sulfide) groups is 1. The van der Waals surface area contributed by atoms with Crippen LogP contribution in [0.3, 0.4) is 0 Å². The molecule has 0 aromatic heterocycles. The Balaban J connectivity index is 1.82. The number of hydroxylamine groups is 2. The summed E-state index contributed by atoms with van der Waals surface area (Å²) in [4.78, 5) is 38.1. The van der Waals surface area contributed by atoms with Gasteiger partial charge in [-0.1, -0.05) is 5.06 Å². The molecule has 0 unspecified atom stereocenters. The second kappa shape index (κ2) is 4.73. The highest BCUT2D eigenvalue weighted by Crippen LogP contribution is 2.21. The van der Waals surface area contributed by atoms with Crippen LogP contribution in [0.25, 0.3) is 0 Å². The van der Waals surface area contributed by atoms with Crippen LogP contribution in [0.1, 0.15) is 19.3 Å². The Kier molecular flexibility index (Phi) is 3.33. The molecule has 0 aliphatic carbocycles. The van der Waals surface area contributed by atoms with Gasteiger partial charge in [-0.05, 0) is 12.2 Å². The molecule has 2 amide bonds. The predicted octanol–water partition coefficient (Wildman–Crippen LogP) is 0.709. The van der Waals surface area contributed by atoms with Crippen LogP contribution in [0.15, 0.2) is 0 Å². The van der Waals surface area contributed by atoms with Crippen LogP contribution in [-0.2, 0) is 19.2 Å². The van der Waals surface area contributed by atoms with E-state index in [2.05, 4.69) is 4.84 Å². The fourth-order valence-corrected chi connectivity index (χ4v) is 2.59. The van der Waals surface area contributed by atoms with Gasteiger partial charge in [-0.15, -0.1) is 0 Å². The first-order chi connectivity index (χ1) is 7.66. The predicted molar refractivity (Wildman–Crippen MR) is 54.4 cm³/mol. The maximum Gasteiger partial charge on any atom is 0.534 e. The Morgan fingerprint density at radius 1 is 1.31 bits per heavy atom. The second-order valence-corrected chi connectivity index (χ2v) is 4.68. The third-order valence-corrected chi connectivity index (χ3v) is 3.45. The zero-order valence-corrected chi connectivity index (χ0v) is 9.33. The van der Waals surface area contributed by atoms with Crippen molar-refractivity contribution < 1.29 is 24.0 Å². The van der Waals surface area contributed by atoms with Crippen molar-refractivity contribution in [1.82, 2.24) is 5.06 Å². The normalized spacial score (nSPS) is 25.0. The number of hydrogen-bond acceptors (Lipinski definition) is 6. The van der Waals surface area contributed by atoms with Gasteiger partial charge in [0.25, 0.3) is 11.8 Å². The molecule has 1 atom stereocenters. The fourth-order valence-electron chi connectivity index (χ4n) is 1.50. The van der Waals surface area contributed by atoms with Gasteiger partial charge < -0.3 is 4.74 Å². The average molecular weight is 245 g/mol. The van der Waals surface area contributed by atoms with E-state index in [9.17, 15) is 14.4 Å². The van der Waals surface area contributed by atoms with Crippen molar-refractivity contribution in [3.05, 3.63) is 0 Å². The fraction of sp³-hybridized carbons (Fsp3) is 0.667. The molecule has 16 heavy (non-hydrogen) atoms. The minimum absolute atomic E-state index is 0.0887. The average Bonchev–Trinajstić information content (AvgIpc) is 2.83. The number of carbonyl (C=O) groups excluding carboxylic acids is 3. The zero-order chi connectivity index (χ0) is 11.5. The van der Waals surface area contributed by atoms with Crippen molar-refractivity contribution in [2.24, 2.45) is 0 Å². The van der Waals surface area contributed by atoms with Crippen LogP contribution >= 0.6 is 11.8 Å². The van der Waals surface area contributed by atoms with E-state index in [0.29, 0.717) is 5.06 Å². The van der Waals surface area contributed by atoms with Gasteiger partial charge in [0, 0.05) is 18.6 Å². The summed E-state index contributed by atoms with van der Waals surface area (Å²) < 4.78 is 4.94. The van der Waals surface area contributed by atoms with Crippen molar-refractivity contribution in [1.29, 1.82) is 0 Å². The Morgan fingerprint density at radius 2 is 2.00 bits per heavy atom. The van der Waals surface area contributed by atoms with Crippen LogP contribution in [0, 0.1) is 0 Å². The highest BCUT2D eigenvalue weighted by atomic mass is 32.2. The molecule has 2 aliphatic heterocycles. The van der Waals surface area contributed by atoms with E-state index in [1.165, 1.54) is 0 Å². The van der Waals surface area contributed by atoms with Crippen LogP contribution in [0.4, 0.5) is 4.79 Å². The van der Waals surface area contributed by atoms with Gasteiger partial charge in [-0.2, -0.15) is 11.8 Å². The summed E-state index contributed by atoms with van der Waals surface area (Å²) in [5, 5.41) is 0.491. The molecule has 2 fully saturated rings. The lowest BCUT2D eigenvalue weighted by atomic mass is 10.3. The topological polar surface area (TPSA) is 72.9 Å². The smallest absolute Gasteiger partial charge is 0.428 e. The van der Waals surface area contributed by atoms with Gasteiger partial charge >= 0.3 is 6.16 Å². The number of imide groups is 1. The summed E-state index contributed by atoms with van der Waals surface area (Å²) in [6.45, 7) is 0. The minimum Gasteiger partial charge on any atom is -0.428 e. The van der Waals surface area contributed by atoms with Crippen LogP contribution in [-0.4, -0.2) is 40.6 Å². The van der Waals surface area contributed by atoms with Crippen molar-refractivity contribution >= 4 is 29.7 Å². The van der Waals surface area contributed by atoms with Crippen LogP contribution in [0.2, 0.25) is 0 Å². The van der Waals surface area contributed by atoms with Crippen LogP contribution in [0.5, 0.6) is 0 Å². The largest absolute Gasteiger partial charge is 0.534 e. The molecule has 0 radical (unpaired) electrons. The van der Waals surface area contributed by atoms with Gasteiger partial charge in [0.05, 0.1) is 0 Å². The molecule has 0 aromatic carbocycles. The molecule has 2 rings (SSSR count). The monoisotopic (exact) mass is 245 g/mol. The van der Waals surface area contributed by atoms with Gasteiger partial charge in [0.2, 0.25) is 0 Å². The molecule has 2 aliphatic rings. The Morgan fingerprint density at radius 3 is 2.56 bits per heavy atom. The number of carbonyl (C=O) groups is 3. The molecule has 88 valence electrons. The molecule has 0 bridgehead atoms. The van der Waals surface area contributed by atoms with Crippen molar-refractivity contribution in [2.75, 3.05) is 11.5 Å².